The Bertz CT molecular complexity index is 782. The molecule has 1 fully saturated rings. The van der Waals surface area contributed by atoms with Crippen LogP contribution in [0.4, 0.5) is 0 Å². The minimum Gasteiger partial charge on any atom is -0.480 e. The van der Waals surface area contributed by atoms with Crippen molar-refractivity contribution in [1.82, 2.24) is 4.90 Å². The molecule has 0 spiro atoms. The standard InChI is InChI=1S/C20H22N2O3/c1-14(19(21)23)25-18-10-3-2-9-17(18)15-7-6-8-16(13-15)20(24)22-11-4-5-12-22/h2-3,6-10,13-14H,4-5,11-12H2,1H3,(H2,21,23)/t14-/m0/s1. The molecule has 0 saturated carbocycles. The fraction of sp³-hybridized carbons (Fsp3) is 0.300. The Hall–Kier alpha value is -2.82. The highest BCUT2D eigenvalue weighted by Gasteiger charge is 2.20. The van der Waals surface area contributed by atoms with Crippen molar-refractivity contribution < 1.29 is 14.3 Å². The maximum absolute atomic E-state index is 12.6. The molecule has 1 saturated heterocycles. The highest BCUT2D eigenvalue weighted by Crippen LogP contribution is 2.31. The van der Waals surface area contributed by atoms with Gasteiger partial charge < -0.3 is 15.4 Å². The third-order valence-electron chi connectivity index (χ3n) is 4.41. The number of likely N-dealkylation sites (tertiary alicyclic amines) is 1. The molecular formula is C20H22N2O3. The average molecular weight is 338 g/mol. The smallest absolute Gasteiger partial charge is 0.258 e. The van der Waals surface area contributed by atoms with Gasteiger partial charge in [-0.15, -0.1) is 0 Å². The Morgan fingerprint density at radius 3 is 2.52 bits per heavy atom. The van der Waals surface area contributed by atoms with E-state index < -0.39 is 12.0 Å². The van der Waals surface area contributed by atoms with Gasteiger partial charge in [-0.25, -0.2) is 0 Å². The number of hydrogen-bond donors (Lipinski definition) is 1. The van der Waals surface area contributed by atoms with Gasteiger partial charge in [0.25, 0.3) is 11.8 Å². The van der Waals surface area contributed by atoms with Gasteiger partial charge in [0.1, 0.15) is 5.75 Å². The number of benzene rings is 2. The van der Waals surface area contributed by atoms with Crippen molar-refractivity contribution in [2.75, 3.05) is 13.1 Å². The van der Waals surface area contributed by atoms with E-state index in [0.717, 1.165) is 37.1 Å². The lowest BCUT2D eigenvalue weighted by molar-refractivity contribution is -0.123. The van der Waals surface area contributed by atoms with Gasteiger partial charge in [0.2, 0.25) is 0 Å². The number of hydrogen-bond acceptors (Lipinski definition) is 3. The second kappa shape index (κ2) is 7.38. The first-order valence-electron chi connectivity index (χ1n) is 8.51. The molecule has 0 aliphatic carbocycles. The molecule has 2 aromatic carbocycles. The lowest BCUT2D eigenvalue weighted by Crippen LogP contribution is -2.30. The summed E-state index contributed by atoms with van der Waals surface area (Å²) in [5.74, 6) is 0.107. The van der Waals surface area contributed by atoms with E-state index in [4.69, 9.17) is 10.5 Å². The first-order valence-corrected chi connectivity index (χ1v) is 8.51. The Labute approximate surface area is 147 Å². The van der Waals surface area contributed by atoms with Crippen LogP contribution in [0.5, 0.6) is 5.75 Å². The molecule has 0 bridgehead atoms. The molecule has 1 atom stereocenters. The highest BCUT2D eigenvalue weighted by molar-refractivity contribution is 5.95. The van der Waals surface area contributed by atoms with Crippen LogP contribution in [-0.2, 0) is 4.79 Å². The van der Waals surface area contributed by atoms with Crippen LogP contribution in [0.25, 0.3) is 11.1 Å². The molecule has 25 heavy (non-hydrogen) atoms. The second-order valence-electron chi connectivity index (χ2n) is 6.24. The minimum atomic E-state index is -0.726. The number of nitrogens with zero attached hydrogens (tertiary/aromatic N) is 1. The van der Waals surface area contributed by atoms with Gasteiger partial charge in [0.05, 0.1) is 0 Å². The summed E-state index contributed by atoms with van der Waals surface area (Å²) in [6.07, 6.45) is 1.40. The zero-order valence-corrected chi connectivity index (χ0v) is 14.3. The van der Waals surface area contributed by atoms with Crippen LogP contribution in [-0.4, -0.2) is 35.9 Å². The quantitative estimate of drug-likeness (QED) is 0.911. The Balaban J connectivity index is 1.91. The number of ether oxygens (including phenoxy) is 1. The fourth-order valence-electron chi connectivity index (χ4n) is 2.98. The van der Waals surface area contributed by atoms with Gasteiger partial charge >= 0.3 is 0 Å². The number of carbonyl (C=O) groups is 2. The lowest BCUT2D eigenvalue weighted by Gasteiger charge is -2.17. The van der Waals surface area contributed by atoms with Crippen LogP contribution in [0.15, 0.2) is 48.5 Å². The summed E-state index contributed by atoms with van der Waals surface area (Å²) in [6, 6.07) is 14.9. The van der Waals surface area contributed by atoms with E-state index in [-0.39, 0.29) is 5.91 Å². The summed E-state index contributed by atoms with van der Waals surface area (Å²) in [7, 11) is 0. The van der Waals surface area contributed by atoms with Crippen LogP contribution < -0.4 is 10.5 Å². The van der Waals surface area contributed by atoms with Gasteiger partial charge in [-0.3, -0.25) is 9.59 Å². The van der Waals surface area contributed by atoms with E-state index >= 15 is 0 Å². The Morgan fingerprint density at radius 1 is 1.08 bits per heavy atom. The predicted molar refractivity (Wildman–Crippen MR) is 96.3 cm³/mol. The van der Waals surface area contributed by atoms with Crippen molar-refractivity contribution in [2.24, 2.45) is 5.73 Å². The number of nitrogens with two attached hydrogens (primary N) is 1. The number of primary amides is 1. The lowest BCUT2D eigenvalue weighted by atomic mass is 10.0. The van der Waals surface area contributed by atoms with E-state index in [0.29, 0.717) is 11.3 Å². The van der Waals surface area contributed by atoms with E-state index in [1.807, 2.05) is 47.4 Å². The molecule has 130 valence electrons. The van der Waals surface area contributed by atoms with Crippen molar-refractivity contribution >= 4 is 11.8 Å². The van der Waals surface area contributed by atoms with Crippen molar-refractivity contribution in [1.29, 1.82) is 0 Å². The van der Waals surface area contributed by atoms with Gasteiger partial charge in [-0.2, -0.15) is 0 Å². The zero-order valence-electron chi connectivity index (χ0n) is 14.3. The van der Waals surface area contributed by atoms with Crippen LogP contribution in [0, 0.1) is 0 Å². The van der Waals surface area contributed by atoms with E-state index in [1.54, 1.807) is 13.0 Å². The van der Waals surface area contributed by atoms with E-state index in [1.165, 1.54) is 0 Å². The minimum absolute atomic E-state index is 0.0586. The average Bonchev–Trinajstić information content (AvgIpc) is 3.16. The van der Waals surface area contributed by atoms with Gasteiger partial charge in [-0.1, -0.05) is 30.3 Å². The number of rotatable bonds is 5. The first-order chi connectivity index (χ1) is 12.1. The SMILES string of the molecule is C[C@H](Oc1ccccc1-c1cccc(C(=O)N2CCCC2)c1)C(N)=O. The monoisotopic (exact) mass is 338 g/mol. The van der Waals surface area contributed by atoms with Gasteiger partial charge in [0, 0.05) is 24.2 Å². The van der Waals surface area contributed by atoms with E-state index in [2.05, 4.69) is 0 Å². The van der Waals surface area contributed by atoms with Gasteiger partial charge in [-0.05, 0) is 43.5 Å². The van der Waals surface area contributed by atoms with Crippen molar-refractivity contribution in [3.63, 3.8) is 0 Å². The molecule has 0 aromatic heterocycles. The molecule has 0 unspecified atom stereocenters. The summed E-state index contributed by atoms with van der Waals surface area (Å²) in [6.45, 7) is 3.25. The number of amides is 2. The molecule has 1 aliphatic rings. The van der Waals surface area contributed by atoms with Crippen LogP contribution >= 0.6 is 0 Å². The molecule has 5 nitrogen and oxygen atoms in total. The summed E-state index contributed by atoms with van der Waals surface area (Å²) in [4.78, 5) is 25.8. The summed E-state index contributed by atoms with van der Waals surface area (Å²) < 4.78 is 5.69. The first kappa shape index (κ1) is 17.0. The molecule has 1 aliphatic heterocycles. The number of para-hydroxylation sites is 1. The maximum Gasteiger partial charge on any atom is 0.258 e. The predicted octanol–water partition coefficient (Wildman–Crippen LogP) is 2.84. The molecular weight excluding hydrogens is 316 g/mol. The summed E-state index contributed by atoms with van der Waals surface area (Å²) in [5.41, 5.74) is 7.65. The maximum atomic E-state index is 12.6. The molecule has 5 heteroatoms. The van der Waals surface area contributed by atoms with Crippen molar-refractivity contribution in [3.8, 4) is 16.9 Å². The fourth-order valence-corrected chi connectivity index (χ4v) is 2.98. The van der Waals surface area contributed by atoms with Gasteiger partial charge in [0.15, 0.2) is 6.10 Å². The summed E-state index contributed by atoms with van der Waals surface area (Å²) in [5, 5.41) is 0. The zero-order chi connectivity index (χ0) is 17.8. The van der Waals surface area contributed by atoms with Crippen LogP contribution in [0.3, 0.4) is 0 Å². The normalized spacial score (nSPS) is 15.0. The third kappa shape index (κ3) is 3.82. The third-order valence-corrected chi connectivity index (χ3v) is 4.41. The molecule has 2 aromatic rings. The Kier molecular flexibility index (Phi) is 5.03. The highest BCUT2D eigenvalue weighted by atomic mass is 16.5. The molecule has 0 radical (unpaired) electrons. The van der Waals surface area contributed by atoms with E-state index in [9.17, 15) is 9.59 Å². The van der Waals surface area contributed by atoms with Crippen molar-refractivity contribution in [2.45, 2.75) is 25.9 Å². The second-order valence-corrected chi connectivity index (χ2v) is 6.24. The Morgan fingerprint density at radius 2 is 1.80 bits per heavy atom. The molecule has 3 rings (SSSR count). The van der Waals surface area contributed by atoms with Crippen LogP contribution in [0.2, 0.25) is 0 Å². The molecule has 2 amide bonds. The number of carbonyl (C=O) groups excluding carboxylic acids is 2. The topological polar surface area (TPSA) is 72.6 Å². The largest absolute Gasteiger partial charge is 0.480 e. The molecule has 1 heterocycles. The summed E-state index contributed by atoms with van der Waals surface area (Å²) >= 11 is 0. The van der Waals surface area contributed by atoms with Crippen LogP contribution in [0.1, 0.15) is 30.1 Å². The molecule has 2 N–H and O–H groups in total. The van der Waals surface area contributed by atoms with Crippen molar-refractivity contribution in [3.05, 3.63) is 54.1 Å².